The largest absolute Gasteiger partial charge is 0.493 e. The Balaban J connectivity index is 1.74. The van der Waals surface area contributed by atoms with Crippen molar-refractivity contribution in [1.29, 1.82) is 0 Å². The minimum absolute atomic E-state index is 0.271. The first kappa shape index (κ1) is 22.4. The van der Waals surface area contributed by atoms with Gasteiger partial charge in [-0.2, -0.15) is 0 Å². The Kier molecular flexibility index (Phi) is 7.25. The van der Waals surface area contributed by atoms with E-state index in [0.29, 0.717) is 47.9 Å². The Bertz CT molecular complexity index is 880. The first-order valence-corrected chi connectivity index (χ1v) is 11.3. The van der Waals surface area contributed by atoms with Crippen LogP contribution in [0.5, 0.6) is 5.75 Å². The summed E-state index contributed by atoms with van der Waals surface area (Å²) < 4.78 is 16.5. The Hall–Kier alpha value is -2.26. The van der Waals surface area contributed by atoms with Crippen LogP contribution < -0.4 is 21.4 Å². The summed E-state index contributed by atoms with van der Waals surface area (Å²) in [7, 11) is 0. The monoisotopic (exact) mass is 435 g/mol. The molecule has 1 aliphatic heterocycles. The first-order chi connectivity index (χ1) is 14.3. The Morgan fingerprint density at radius 3 is 2.90 bits per heavy atom. The maximum atomic E-state index is 13.0. The second kappa shape index (κ2) is 9.70. The van der Waals surface area contributed by atoms with Crippen LogP contribution >= 0.6 is 11.8 Å². The molecular formula is C21H29N3O5S. The number of thioether (sulfide) groups is 1. The van der Waals surface area contributed by atoms with Gasteiger partial charge in [0.2, 0.25) is 0 Å². The molecule has 9 heteroatoms. The van der Waals surface area contributed by atoms with Crippen molar-refractivity contribution < 1.29 is 18.7 Å². The molecule has 1 saturated carbocycles. The van der Waals surface area contributed by atoms with Crippen molar-refractivity contribution in [3.63, 3.8) is 0 Å². The third-order valence-electron chi connectivity index (χ3n) is 4.85. The number of hydrogen-bond acceptors (Lipinski definition) is 8. The minimum atomic E-state index is -1.44. The summed E-state index contributed by atoms with van der Waals surface area (Å²) in [5, 5.41) is 3.41. The highest BCUT2D eigenvalue weighted by molar-refractivity contribution is 8.14. The number of nitrogens with zero attached hydrogens (tertiary/aromatic N) is 1. The molecule has 1 aliphatic carbocycles. The van der Waals surface area contributed by atoms with E-state index in [9.17, 15) is 9.59 Å². The Morgan fingerprint density at radius 1 is 1.47 bits per heavy atom. The average molecular weight is 436 g/mol. The number of carbonyl (C=O) groups excluding carboxylic acids is 1. The minimum Gasteiger partial charge on any atom is -0.493 e. The van der Waals surface area contributed by atoms with Crippen LogP contribution in [0.3, 0.4) is 0 Å². The fraction of sp³-hybridized carbons (Fsp3) is 0.571. The van der Waals surface area contributed by atoms with Crippen molar-refractivity contribution in [3.8, 4) is 5.75 Å². The lowest BCUT2D eigenvalue weighted by atomic mass is 10.1. The van der Waals surface area contributed by atoms with E-state index in [1.807, 2.05) is 13.8 Å². The predicted molar refractivity (Wildman–Crippen MR) is 117 cm³/mol. The lowest BCUT2D eigenvalue weighted by Crippen LogP contribution is -2.54. The van der Waals surface area contributed by atoms with Crippen LogP contribution in [-0.2, 0) is 9.53 Å². The van der Waals surface area contributed by atoms with Gasteiger partial charge in [0.15, 0.2) is 5.66 Å². The van der Waals surface area contributed by atoms with E-state index >= 15 is 0 Å². The standard InChI is InChI=1S/C21H29N3O5S/c1-4-6-16(17-9-15(10-18(25)29-17)28-11-14-7-8-14)23-20(26)21(22)12-30-19(24-21)13(3)27-5-2/h9-10,14,16H,3-8,11-12,22H2,1-2H3,(H,23,26)/t16-,21+/m1/s1. The summed E-state index contributed by atoms with van der Waals surface area (Å²) in [6.07, 6.45) is 3.64. The number of carbonyl (C=O) groups is 1. The van der Waals surface area contributed by atoms with Gasteiger partial charge >= 0.3 is 5.63 Å². The van der Waals surface area contributed by atoms with E-state index in [2.05, 4.69) is 16.9 Å². The number of hydrogen-bond donors (Lipinski definition) is 2. The normalized spacial score (nSPS) is 21.6. The lowest BCUT2D eigenvalue weighted by molar-refractivity contribution is -0.126. The number of nitrogens with one attached hydrogen (secondary N) is 1. The highest BCUT2D eigenvalue weighted by Gasteiger charge is 2.41. The number of ether oxygens (including phenoxy) is 2. The van der Waals surface area contributed by atoms with Crippen LogP contribution in [0.4, 0.5) is 0 Å². The Morgan fingerprint density at radius 2 is 2.23 bits per heavy atom. The maximum absolute atomic E-state index is 13.0. The molecule has 3 N–H and O–H groups in total. The van der Waals surface area contributed by atoms with Crippen LogP contribution in [0.2, 0.25) is 0 Å². The summed E-state index contributed by atoms with van der Waals surface area (Å²) in [6, 6.07) is 2.48. The topological polar surface area (TPSA) is 116 Å². The van der Waals surface area contributed by atoms with E-state index in [-0.39, 0.29) is 5.75 Å². The molecule has 164 valence electrons. The van der Waals surface area contributed by atoms with Gasteiger partial charge in [0.05, 0.1) is 25.3 Å². The van der Waals surface area contributed by atoms with Crippen LogP contribution in [0.15, 0.2) is 38.7 Å². The molecule has 0 saturated heterocycles. The molecule has 1 aromatic rings. The molecule has 0 spiro atoms. The molecule has 0 aromatic carbocycles. The number of nitrogens with two attached hydrogens (primary N) is 1. The SMILES string of the molecule is C=C(OCC)C1=N[C@](N)(C(=O)N[C@H](CCC)c2cc(OCC3CC3)cc(=O)o2)CS1. The third-order valence-corrected chi connectivity index (χ3v) is 6.03. The van der Waals surface area contributed by atoms with E-state index in [4.69, 9.17) is 19.6 Å². The third kappa shape index (κ3) is 5.66. The fourth-order valence-corrected chi connectivity index (χ4v) is 4.00. The van der Waals surface area contributed by atoms with Crippen molar-refractivity contribution >= 4 is 22.7 Å². The van der Waals surface area contributed by atoms with Crippen molar-refractivity contribution in [2.45, 2.75) is 51.2 Å². The average Bonchev–Trinajstić information content (AvgIpc) is 3.45. The zero-order chi connectivity index (χ0) is 21.7. The van der Waals surface area contributed by atoms with Gasteiger partial charge in [-0.1, -0.05) is 31.7 Å². The molecule has 8 nitrogen and oxygen atoms in total. The first-order valence-electron chi connectivity index (χ1n) is 10.3. The highest BCUT2D eigenvalue weighted by atomic mass is 32.2. The molecule has 2 atom stereocenters. The molecule has 30 heavy (non-hydrogen) atoms. The molecule has 1 fully saturated rings. The predicted octanol–water partition coefficient (Wildman–Crippen LogP) is 2.74. The van der Waals surface area contributed by atoms with E-state index in [1.165, 1.54) is 17.8 Å². The van der Waals surface area contributed by atoms with Gasteiger partial charge in [-0.05, 0) is 32.1 Å². The van der Waals surface area contributed by atoms with Gasteiger partial charge in [0.1, 0.15) is 22.3 Å². The van der Waals surface area contributed by atoms with E-state index < -0.39 is 23.2 Å². The summed E-state index contributed by atoms with van der Waals surface area (Å²) in [5.41, 5.74) is 4.31. The van der Waals surface area contributed by atoms with Crippen LogP contribution in [0.1, 0.15) is 51.3 Å². The van der Waals surface area contributed by atoms with Gasteiger partial charge in [-0.25, -0.2) is 9.79 Å². The zero-order valence-corrected chi connectivity index (χ0v) is 18.3. The van der Waals surface area contributed by atoms with Crippen molar-refractivity contribution in [2.75, 3.05) is 19.0 Å². The van der Waals surface area contributed by atoms with Gasteiger partial charge in [-0.15, -0.1) is 0 Å². The number of amides is 1. The zero-order valence-electron chi connectivity index (χ0n) is 17.4. The molecule has 0 unspecified atom stereocenters. The molecular weight excluding hydrogens is 406 g/mol. The van der Waals surface area contributed by atoms with Crippen molar-refractivity contribution in [3.05, 3.63) is 40.7 Å². The molecule has 2 aliphatic rings. The second-order valence-corrected chi connectivity index (χ2v) is 8.53. The van der Waals surface area contributed by atoms with Crippen molar-refractivity contribution in [2.24, 2.45) is 16.6 Å². The number of aliphatic imine (C=N–C) groups is 1. The smallest absolute Gasteiger partial charge is 0.339 e. The molecule has 1 amide bonds. The van der Waals surface area contributed by atoms with Crippen molar-refractivity contribution in [1.82, 2.24) is 5.32 Å². The quantitative estimate of drug-likeness (QED) is 0.513. The van der Waals surface area contributed by atoms with Gasteiger partial charge in [0, 0.05) is 11.8 Å². The number of rotatable bonds is 11. The Labute approximate surface area is 180 Å². The molecule has 3 rings (SSSR count). The molecule has 0 radical (unpaired) electrons. The molecule has 2 heterocycles. The summed E-state index contributed by atoms with van der Waals surface area (Å²) in [5.74, 6) is 1.59. The van der Waals surface area contributed by atoms with Crippen LogP contribution in [0.25, 0.3) is 0 Å². The summed E-state index contributed by atoms with van der Waals surface area (Å²) in [6.45, 7) is 8.69. The second-order valence-electron chi connectivity index (χ2n) is 7.57. The fourth-order valence-electron chi connectivity index (χ4n) is 3.00. The highest BCUT2D eigenvalue weighted by Crippen LogP contribution is 2.31. The summed E-state index contributed by atoms with van der Waals surface area (Å²) in [4.78, 5) is 29.3. The lowest BCUT2D eigenvalue weighted by Gasteiger charge is -2.24. The molecule has 1 aromatic heterocycles. The van der Waals surface area contributed by atoms with E-state index in [1.54, 1.807) is 6.07 Å². The molecule has 0 bridgehead atoms. The van der Waals surface area contributed by atoms with Gasteiger partial charge in [0.25, 0.3) is 5.91 Å². The van der Waals surface area contributed by atoms with E-state index in [0.717, 1.165) is 19.3 Å². The van der Waals surface area contributed by atoms with Gasteiger partial charge in [-0.3, -0.25) is 10.5 Å². The van der Waals surface area contributed by atoms with Crippen LogP contribution in [0, 0.1) is 5.92 Å². The van der Waals surface area contributed by atoms with Gasteiger partial charge < -0.3 is 19.2 Å². The summed E-state index contributed by atoms with van der Waals surface area (Å²) >= 11 is 1.33. The maximum Gasteiger partial charge on any atom is 0.339 e. The van der Waals surface area contributed by atoms with Crippen LogP contribution in [-0.4, -0.2) is 35.6 Å².